The lowest BCUT2D eigenvalue weighted by Crippen LogP contribution is -2.38. The van der Waals surface area contributed by atoms with E-state index in [0.29, 0.717) is 6.54 Å². The van der Waals surface area contributed by atoms with Crippen molar-refractivity contribution in [2.24, 2.45) is 0 Å². The molecular weight excluding hydrogens is 200 g/mol. The van der Waals surface area contributed by atoms with E-state index in [9.17, 15) is 5.11 Å². The van der Waals surface area contributed by atoms with Crippen molar-refractivity contribution in [1.82, 2.24) is 4.98 Å². The second-order valence-corrected chi connectivity index (χ2v) is 4.27. The van der Waals surface area contributed by atoms with Crippen molar-refractivity contribution in [2.45, 2.75) is 26.0 Å². The molecule has 0 spiro atoms. The molecule has 0 aromatic carbocycles. The third-order valence-corrected chi connectivity index (χ3v) is 2.72. The number of aliphatic hydroxyl groups excluding tert-OH is 2. The van der Waals surface area contributed by atoms with Gasteiger partial charge < -0.3 is 15.1 Å². The normalized spacial score (nSPS) is 13.2. The summed E-state index contributed by atoms with van der Waals surface area (Å²) in [5, 5.41) is 20.9. The third-order valence-electron chi connectivity index (χ3n) is 1.91. The van der Waals surface area contributed by atoms with E-state index in [2.05, 4.69) is 4.98 Å². The number of hydrogen-bond donors (Lipinski definition) is 2. The maximum atomic E-state index is 9.36. The van der Waals surface area contributed by atoms with Gasteiger partial charge in [0.15, 0.2) is 5.13 Å². The molecule has 14 heavy (non-hydrogen) atoms. The van der Waals surface area contributed by atoms with Gasteiger partial charge in [-0.15, -0.1) is 11.3 Å². The van der Waals surface area contributed by atoms with Gasteiger partial charge in [-0.25, -0.2) is 4.98 Å². The summed E-state index contributed by atoms with van der Waals surface area (Å²) in [5.41, 5.74) is 0. The number of thiazole rings is 1. The quantitative estimate of drug-likeness (QED) is 0.761. The van der Waals surface area contributed by atoms with E-state index in [0.717, 1.165) is 5.13 Å². The SMILES string of the molecule is CC(C)N(CC(O)CO)c1nccs1. The van der Waals surface area contributed by atoms with Crippen molar-refractivity contribution in [3.8, 4) is 0 Å². The Kier molecular flexibility index (Phi) is 4.31. The van der Waals surface area contributed by atoms with Crippen molar-refractivity contribution in [2.75, 3.05) is 18.1 Å². The van der Waals surface area contributed by atoms with Crippen molar-refractivity contribution in [1.29, 1.82) is 0 Å². The fourth-order valence-electron chi connectivity index (χ4n) is 1.15. The van der Waals surface area contributed by atoms with Gasteiger partial charge in [0, 0.05) is 24.2 Å². The van der Waals surface area contributed by atoms with Crippen molar-refractivity contribution in [3.05, 3.63) is 11.6 Å². The topological polar surface area (TPSA) is 56.6 Å². The van der Waals surface area contributed by atoms with E-state index in [1.165, 1.54) is 11.3 Å². The summed E-state index contributed by atoms with van der Waals surface area (Å²) in [7, 11) is 0. The Morgan fingerprint density at radius 1 is 1.57 bits per heavy atom. The maximum Gasteiger partial charge on any atom is 0.185 e. The monoisotopic (exact) mass is 216 g/mol. The van der Waals surface area contributed by atoms with Gasteiger partial charge in [-0.3, -0.25) is 0 Å². The minimum Gasteiger partial charge on any atom is -0.394 e. The third kappa shape index (κ3) is 2.94. The van der Waals surface area contributed by atoms with Gasteiger partial charge in [0.2, 0.25) is 0 Å². The van der Waals surface area contributed by atoms with Crippen molar-refractivity contribution >= 4 is 16.5 Å². The Bertz CT molecular complexity index is 251. The predicted molar refractivity (Wildman–Crippen MR) is 57.7 cm³/mol. The molecule has 1 unspecified atom stereocenters. The van der Waals surface area contributed by atoms with Crippen LogP contribution in [0.1, 0.15) is 13.8 Å². The summed E-state index contributed by atoms with van der Waals surface area (Å²) in [6, 6.07) is 0.266. The average Bonchev–Trinajstić information content (AvgIpc) is 2.65. The van der Waals surface area contributed by atoms with Crippen LogP contribution in [0.4, 0.5) is 5.13 Å². The Hall–Kier alpha value is -0.650. The maximum absolute atomic E-state index is 9.36. The lowest BCUT2D eigenvalue weighted by molar-refractivity contribution is 0.0988. The second-order valence-electron chi connectivity index (χ2n) is 3.40. The van der Waals surface area contributed by atoms with Crippen LogP contribution < -0.4 is 4.90 Å². The first kappa shape index (κ1) is 11.4. The number of rotatable bonds is 5. The minimum absolute atomic E-state index is 0.214. The molecule has 80 valence electrons. The minimum atomic E-state index is -0.707. The van der Waals surface area contributed by atoms with Crippen LogP contribution in [-0.2, 0) is 0 Å². The van der Waals surface area contributed by atoms with E-state index in [1.54, 1.807) is 6.20 Å². The first-order valence-corrected chi connectivity index (χ1v) is 5.48. The van der Waals surface area contributed by atoms with Gasteiger partial charge in [-0.2, -0.15) is 0 Å². The van der Waals surface area contributed by atoms with Gasteiger partial charge in [-0.1, -0.05) is 0 Å². The lowest BCUT2D eigenvalue weighted by atomic mass is 10.3. The molecule has 1 aromatic rings. The standard InChI is InChI=1S/C9H16N2O2S/c1-7(2)11(5-8(13)6-12)9-10-3-4-14-9/h3-4,7-8,12-13H,5-6H2,1-2H3. The van der Waals surface area contributed by atoms with E-state index in [4.69, 9.17) is 5.11 Å². The molecule has 0 aliphatic carbocycles. The van der Waals surface area contributed by atoms with E-state index >= 15 is 0 Å². The molecule has 1 heterocycles. The molecule has 0 radical (unpaired) electrons. The fraction of sp³-hybridized carbons (Fsp3) is 0.667. The molecule has 0 bridgehead atoms. The summed E-state index contributed by atoms with van der Waals surface area (Å²) in [4.78, 5) is 6.15. The molecule has 0 fully saturated rings. The van der Waals surface area contributed by atoms with Gasteiger partial charge in [0.05, 0.1) is 12.7 Å². The number of anilines is 1. The van der Waals surface area contributed by atoms with E-state index in [-0.39, 0.29) is 12.6 Å². The van der Waals surface area contributed by atoms with Gasteiger partial charge in [0.25, 0.3) is 0 Å². The molecule has 0 amide bonds. The molecule has 1 rings (SSSR count). The molecule has 0 aliphatic heterocycles. The highest BCUT2D eigenvalue weighted by Crippen LogP contribution is 2.19. The number of nitrogens with zero attached hydrogens (tertiary/aromatic N) is 2. The van der Waals surface area contributed by atoms with Crippen LogP contribution in [0.15, 0.2) is 11.6 Å². The highest BCUT2D eigenvalue weighted by atomic mass is 32.1. The second kappa shape index (κ2) is 5.29. The zero-order valence-electron chi connectivity index (χ0n) is 8.42. The summed E-state index contributed by atoms with van der Waals surface area (Å²) in [5.74, 6) is 0. The van der Waals surface area contributed by atoms with Crippen LogP contribution in [0.5, 0.6) is 0 Å². The van der Waals surface area contributed by atoms with Crippen molar-refractivity contribution in [3.63, 3.8) is 0 Å². The van der Waals surface area contributed by atoms with Crippen LogP contribution in [0, 0.1) is 0 Å². The Balaban J connectivity index is 2.66. The van der Waals surface area contributed by atoms with Gasteiger partial charge in [-0.05, 0) is 13.8 Å². The summed E-state index contributed by atoms with van der Waals surface area (Å²) < 4.78 is 0. The van der Waals surface area contributed by atoms with Crippen LogP contribution in [0.3, 0.4) is 0 Å². The molecule has 0 saturated carbocycles. The predicted octanol–water partition coefficient (Wildman–Crippen LogP) is 0.711. The van der Waals surface area contributed by atoms with Crippen molar-refractivity contribution < 1.29 is 10.2 Å². The molecule has 1 atom stereocenters. The smallest absolute Gasteiger partial charge is 0.185 e. The highest BCUT2D eigenvalue weighted by Gasteiger charge is 2.16. The van der Waals surface area contributed by atoms with E-state index in [1.807, 2.05) is 24.1 Å². The highest BCUT2D eigenvalue weighted by molar-refractivity contribution is 7.13. The number of aromatic nitrogens is 1. The molecule has 5 heteroatoms. The largest absolute Gasteiger partial charge is 0.394 e. The van der Waals surface area contributed by atoms with Gasteiger partial charge in [0.1, 0.15) is 0 Å². The first-order chi connectivity index (χ1) is 6.65. The Labute approximate surface area is 87.8 Å². The summed E-state index contributed by atoms with van der Waals surface area (Å²) in [6.07, 6.45) is 1.03. The molecule has 0 aliphatic rings. The molecule has 2 N–H and O–H groups in total. The number of hydrogen-bond acceptors (Lipinski definition) is 5. The van der Waals surface area contributed by atoms with Crippen LogP contribution in [0.25, 0.3) is 0 Å². The summed E-state index contributed by atoms with van der Waals surface area (Å²) >= 11 is 1.53. The number of aliphatic hydroxyl groups is 2. The van der Waals surface area contributed by atoms with Gasteiger partial charge >= 0.3 is 0 Å². The molecule has 0 saturated heterocycles. The first-order valence-electron chi connectivity index (χ1n) is 4.60. The summed E-state index contributed by atoms with van der Waals surface area (Å²) in [6.45, 7) is 4.27. The van der Waals surface area contributed by atoms with Crippen LogP contribution in [0.2, 0.25) is 0 Å². The zero-order chi connectivity index (χ0) is 10.6. The fourth-order valence-corrected chi connectivity index (χ4v) is 1.94. The molecule has 4 nitrogen and oxygen atoms in total. The Morgan fingerprint density at radius 2 is 2.29 bits per heavy atom. The zero-order valence-corrected chi connectivity index (χ0v) is 9.24. The van der Waals surface area contributed by atoms with Crippen LogP contribution >= 0.6 is 11.3 Å². The molecule has 1 aromatic heterocycles. The van der Waals surface area contributed by atoms with E-state index < -0.39 is 6.10 Å². The Morgan fingerprint density at radius 3 is 2.71 bits per heavy atom. The lowest BCUT2D eigenvalue weighted by Gasteiger charge is -2.27. The van der Waals surface area contributed by atoms with Crippen LogP contribution in [-0.4, -0.2) is 40.5 Å². The molecular formula is C9H16N2O2S. The average molecular weight is 216 g/mol.